The first-order valence-electron chi connectivity index (χ1n) is 8.86. The molecule has 3 nitrogen and oxygen atoms in total. The summed E-state index contributed by atoms with van der Waals surface area (Å²) in [5, 5.41) is 22.9. The number of rotatable bonds is 3. The standard InChI is InChI=1S/C21H25NO2/c1-22-17-12-13-18(22)20(19(23)14-17)21(24,15-8-4-2-5-9-15)16-10-6-3-7-11-16/h2-11,17-20,23-24H,12-14H2,1H3. The Hall–Kier alpha value is -1.68. The number of aliphatic hydroxyl groups excluding tert-OH is 1. The van der Waals surface area contributed by atoms with Crippen LogP contribution in [0.4, 0.5) is 0 Å². The molecular formula is C21H25NO2. The molecule has 0 aromatic heterocycles. The lowest BCUT2D eigenvalue weighted by atomic mass is 9.68. The second-order valence-corrected chi connectivity index (χ2v) is 7.29. The highest BCUT2D eigenvalue weighted by Gasteiger charge is 2.54. The number of hydrogen-bond donors (Lipinski definition) is 2. The Morgan fingerprint density at radius 1 is 0.917 bits per heavy atom. The number of piperidine rings is 1. The van der Waals surface area contributed by atoms with Gasteiger partial charge in [0.25, 0.3) is 0 Å². The summed E-state index contributed by atoms with van der Waals surface area (Å²) in [6, 6.07) is 20.3. The fraction of sp³-hybridized carbons (Fsp3) is 0.429. The van der Waals surface area contributed by atoms with Crippen molar-refractivity contribution in [2.24, 2.45) is 5.92 Å². The molecule has 2 aromatic rings. The van der Waals surface area contributed by atoms with Crippen LogP contribution in [0, 0.1) is 5.92 Å². The van der Waals surface area contributed by atoms with Crippen LogP contribution in [0.1, 0.15) is 30.4 Å². The van der Waals surface area contributed by atoms with Crippen molar-refractivity contribution >= 4 is 0 Å². The van der Waals surface area contributed by atoms with E-state index in [1.54, 1.807) is 0 Å². The predicted octanol–water partition coefficient (Wildman–Crippen LogP) is 2.77. The summed E-state index contributed by atoms with van der Waals surface area (Å²) in [7, 11) is 2.14. The quantitative estimate of drug-likeness (QED) is 0.913. The molecule has 4 atom stereocenters. The highest BCUT2D eigenvalue weighted by molar-refractivity contribution is 5.38. The van der Waals surface area contributed by atoms with Crippen LogP contribution in [0.15, 0.2) is 60.7 Å². The van der Waals surface area contributed by atoms with Gasteiger partial charge < -0.3 is 10.2 Å². The molecule has 0 spiro atoms. The van der Waals surface area contributed by atoms with Crippen molar-refractivity contribution in [2.75, 3.05) is 7.05 Å². The number of hydrogen-bond acceptors (Lipinski definition) is 3. The van der Waals surface area contributed by atoms with E-state index < -0.39 is 11.7 Å². The van der Waals surface area contributed by atoms with Gasteiger partial charge in [0.1, 0.15) is 5.60 Å². The zero-order valence-electron chi connectivity index (χ0n) is 14.0. The van der Waals surface area contributed by atoms with Gasteiger partial charge in [-0.2, -0.15) is 0 Å². The van der Waals surface area contributed by atoms with Gasteiger partial charge in [-0.25, -0.2) is 0 Å². The molecule has 4 rings (SSSR count). The van der Waals surface area contributed by atoms with E-state index in [0.29, 0.717) is 6.04 Å². The first kappa shape index (κ1) is 15.8. The second kappa shape index (κ2) is 5.99. The first-order valence-corrected chi connectivity index (χ1v) is 8.86. The lowest BCUT2D eigenvalue weighted by molar-refractivity contribution is -0.108. The van der Waals surface area contributed by atoms with E-state index in [1.165, 1.54) is 0 Å². The number of aliphatic hydroxyl groups is 2. The lowest BCUT2D eigenvalue weighted by Gasteiger charge is -2.49. The molecule has 2 N–H and O–H groups in total. The number of fused-ring (bicyclic) bond motifs is 2. The lowest BCUT2D eigenvalue weighted by Crippen LogP contribution is -2.57. The SMILES string of the molecule is CN1C2CCC1C(C(O)(c1ccccc1)c1ccccc1)C(O)C2. The minimum Gasteiger partial charge on any atom is -0.393 e. The first-order chi connectivity index (χ1) is 11.6. The Morgan fingerprint density at radius 2 is 1.46 bits per heavy atom. The molecule has 3 heteroatoms. The maximum absolute atomic E-state index is 12.0. The Labute approximate surface area is 143 Å². The highest BCUT2D eigenvalue weighted by atomic mass is 16.3. The molecule has 2 saturated heterocycles. The van der Waals surface area contributed by atoms with Crippen LogP contribution in [-0.4, -0.2) is 40.3 Å². The number of benzene rings is 2. The maximum atomic E-state index is 12.0. The molecule has 2 aliphatic rings. The van der Waals surface area contributed by atoms with Crippen molar-refractivity contribution < 1.29 is 10.2 Å². The Balaban J connectivity index is 1.87. The van der Waals surface area contributed by atoms with Gasteiger partial charge in [0.2, 0.25) is 0 Å². The molecule has 2 aromatic carbocycles. The van der Waals surface area contributed by atoms with Crippen molar-refractivity contribution in [1.82, 2.24) is 4.90 Å². The monoisotopic (exact) mass is 323 g/mol. The van der Waals surface area contributed by atoms with E-state index in [9.17, 15) is 10.2 Å². The van der Waals surface area contributed by atoms with E-state index in [-0.39, 0.29) is 12.0 Å². The predicted molar refractivity (Wildman–Crippen MR) is 94.6 cm³/mol. The summed E-state index contributed by atoms with van der Waals surface area (Å²) in [6.07, 6.45) is 2.38. The summed E-state index contributed by atoms with van der Waals surface area (Å²) in [4.78, 5) is 2.37. The van der Waals surface area contributed by atoms with Crippen LogP contribution < -0.4 is 0 Å². The van der Waals surface area contributed by atoms with Gasteiger partial charge >= 0.3 is 0 Å². The van der Waals surface area contributed by atoms with Crippen molar-refractivity contribution in [3.05, 3.63) is 71.8 Å². The maximum Gasteiger partial charge on any atom is 0.121 e. The molecule has 0 radical (unpaired) electrons. The molecule has 2 aliphatic heterocycles. The van der Waals surface area contributed by atoms with Crippen molar-refractivity contribution in [1.29, 1.82) is 0 Å². The van der Waals surface area contributed by atoms with Crippen molar-refractivity contribution in [2.45, 2.75) is 43.1 Å². The summed E-state index contributed by atoms with van der Waals surface area (Å²) >= 11 is 0. The van der Waals surface area contributed by atoms with Crippen LogP contribution >= 0.6 is 0 Å². The fourth-order valence-corrected chi connectivity index (χ4v) is 4.93. The van der Waals surface area contributed by atoms with Gasteiger partial charge in [-0.05, 0) is 37.4 Å². The van der Waals surface area contributed by atoms with E-state index in [0.717, 1.165) is 30.4 Å². The van der Waals surface area contributed by atoms with Crippen molar-refractivity contribution in [3.8, 4) is 0 Å². The van der Waals surface area contributed by atoms with Crippen molar-refractivity contribution in [3.63, 3.8) is 0 Å². The van der Waals surface area contributed by atoms with Gasteiger partial charge in [-0.1, -0.05) is 60.7 Å². The third-order valence-corrected chi connectivity index (χ3v) is 6.15. The van der Waals surface area contributed by atoms with Crippen LogP contribution in [0.3, 0.4) is 0 Å². The van der Waals surface area contributed by atoms with Crippen LogP contribution in [-0.2, 0) is 5.60 Å². The van der Waals surface area contributed by atoms with Gasteiger partial charge in [-0.15, -0.1) is 0 Å². The number of nitrogens with zero attached hydrogens (tertiary/aromatic N) is 1. The van der Waals surface area contributed by atoms with Gasteiger partial charge in [0.05, 0.1) is 6.10 Å². The van der Waals surface area contributed by atoms with Gasteiger partial charge in [-0.3, -0.25) is 4.90 Å². The molecule has 0 saturated carbocycles. The Bertz CT molecular complexity index is 648. The fourth-order valence-electron chi connectivity index (χ4n) is 4.93. The molecule has 0 aliphatic carbocycles. The van der Waals surface area contributed by atoms with Crippen LogP contribution in [0.2, 0.25) is 0 Å². The normalized spacial score (nSPS) is 30.5. The molecule has 126 valence electrons. The van der Waals surface area contributed by atoms with Crippen LogP contribution in [0.5, 0.6) is 0 Å². The smallest absolute Gasteiger partial charge is 0.121 e. The van der Waals surface area contributed by atoms with E-state index >= 15 is 0 Å². The topological polar surface area (TPSA) is 43.7 Å². The largest absolute Gasteiger partial charge is 0.393 e. The Kier molecular flexibility index (Phi) is 3.95. The molecule has 2 heterocycles. The zero-order chi connectivity index (χ0) is 16.7. The molecule has 4 unspecified atom stereocenters. The molecular weight excluding hydrogens is 298 g/mol. The second-order valence-electron chi connectivity index (χ2n) is 7.29. The minimum absolute atomic E-state index is 0.198. The van der Waals surface area contributed by atoms with Gasteiger partial charge in [0.15, 0.2) is 0 Å². The summed E-state index contributed by atoms with van der Waals surface area (Å²) in [5.41, 5.74) is 0.536. The third kappa shape index (κ3) is 2.31. The van der Waals surface area contributed by atoms with Gasteiger partial charge in [0, 0.05) is 18.0 Å². The molecule has 0 amide bonds. The molecule has 24 heavy (non-hydrogen) atoms. The van der Waals surface area contributed by atoms with E-state index in [4.69, 9.17) is 0 Å². The zero-order valence-corrected chi connectivity index (χ0v) is 14.0. The van der Waals surface area contributed by atoms with Crippen LogP contribution in [0.25, 0.3) is 0 Å². The average molecular weight is 323 g/mol. The van der Waals surface area contributed by atoms with E-state index in [1.807, 2.05) is 60.7 Å². The highest BCUT2D eigenvalue weighted by Crippen LogP contribution is 2.49. The Morgan fingerprint density at radius 3 is 2.00 bits per heavy atom. The molecule has 2 bridgehead atoms. The third-order valence-electron chi connectivity index (χ3n) is 6.15. The average Bonchev–Trinajstić information content (AvgIpc) is 2.86. The summed E-state index contributed by atoms with van der Waals surface area (Å²) < 4.78 is 0. The summed E-state index contributed by atoms with van der Waals surface area (Å²) in [5.74, 6) is -0.231. The summed E-state index contributed by atoms with van der Waals surface area (Å²) in [6.45, 7) is 0. The minimum atomic E-state index is -1.18. The molecule has 2 fully saturated rings. The van der Waals surface area contributed by atoms with E-state index in [2.05, 4.69) is 11.9 Å².